The molecule has 21 heavy (non-hydrogen) atoms. The second-order valence-corrected chi connectivity index (χ2v) is 6.36. The van der Waals surface area contributed by atoms with Crippen molar-refractivity contribution in [3.05, 3.63) is 10.0 Å². The third kappa shape index (κ3) is 4.49. The molecule has 1 aromatic rings. The molecule has 7 heteroatoms. The largest absolute Gasteiger partial charge is 0.466 e. The highest BCUT2D eigenvalue weighted by Gasteiger charge is 2.27. The summed E-state index contributed by atoms with van der Waals surface area (Å²) in [6.45, 7) is 5.49. The number of esters is 1. The Bertz CT molecular complexity index is 503. The lowest BCUT2D eigenvalue weighted by atomic mass is 9.98. The molecule has 1 amide bonds. The van der Waals surface area contributed by atoms with Crippen LogP contribution in [0.1, 0.15) is 48.5 Å². The molecule has 116 valence electrons. The summed E-state index contributed by atoms with van der Waals surface area (Å²) in [5.74, 6) is -0.00959. The second-order valence-electron chi connectivity index (χ2n) is 5.14. The molecule has 1 unspecified atom stereocenters. The molecule has 1 saturated heterocycles. The van der Waals surface area contributed by atoms with Gasteiger partial charge in [-0.2, -0.15) is 0 Å². The van der Waals surface area contributed by atoms with Gasteiger partial charge in [0.05, 0.1) is 13.0 Å². The van der Waals surface area contributed by atoms with Crippen LogP contribution in [0.25, 0.3) is 0 Å². The van der Waals surface area contributed by atoms with E-state index in [4.69, 9.17) is 4.74 Å². The molecule has 1 aromatic heterocycles. The lowest BCUT2D eigenvalue weighted by molar-refractivity contribution is -0.145. The van der Waals surface area contributed by atoms with Crippen molar-refractivity contribution in [2.24, 2.45) is 0 Å². The summed E-state index contributed by atoms with van der Waals surface area (Å²) >= 11 is 1.60. The van der Waals surface area contributed by atoms with Crippen LogP contribution in [0.4, 0.5) is 0 Å². The first-order chi connectivity index (χ1) is 10.1. The van der Waals surface area contributed by atoms with Crippen molar-refractivity contribution >= 4 is 23.2 Å². The molecule has 0 aromatic carbocycles. The molecule has 0 saturated carbocycles. The molecule has 0 radical (unpaired) electrons. The van der Waals surface area contributed by atoms with E-state index in [2.05, 4.69) is 10.2 Å². The smallest absolute Gasteiger partial charge is 0.306 e. The fraction of sp³-hybridized carbons (Fsp3) is 0.714. The van der Waals surface area contributed by atoms with E-state index in [-0.39, 0.29) is 30.6 Å². The van der Waals surface area contributed by atoms with E-state index < -0.39 is 0 Å². The monoisotopic (exact) mass is 311 g/mol. The van der Waals surface area contributed by atoms with E-state index in [1.165, 1.54) is 0 Å². The van der Waals surface area contributed by atoms with Gasteiger partial charge in [0.15, 0.2) is 0 Å². The van der Waals surface area contributed by atoms with Crippen molar-refractivity contribution in [2.45, 2.75) is 45.4 Å². The normalized spacial score (nSPS) is 18.6. The summed E-state index contributed by atoms with van der Waals surface area (Å²) in [5.41, 5.74) is 0. The molecular weight excluding hydrogens is 290 g/mol. The molecule has 0 N–H and O–H groups in total. The van der Waals surface area contributed by atoms with E-state index in [1.54, 1.807) is 18.3 Å². The van der Waals surface area contributed by atoms with E-state index in [1.807, 2.05) is 11.8 Å². The predicted octanol–water partition coefficient (Wildman–Crippen LogP) is 1.90. The van der Waals surface area contributed by atoms with Crippen molar-refractivity contribution in [1.82, 2.24) is 15.1 Å². The topological polar surface area (TPSA) is 72.4 Å². The highest BCUT2D eigenvalue weighted by molar-refractivity contribution is 7.11. The predicted molar refractivity (Wildman–Crippen MR) is 79.1 cm³/mol. The standard InChI is InChI=1S/C14H21N3O3S/c1-3-20-13(19)7-6-12(18)17-8-4-5-11(9-17)14-16-15-10(2)21-14/h11H,3-9H2,1-2H3. The Morgan fingerprint density at radius 3 is 2.86 bits per heavy atom. The van der Waals surface area contributed by atoms with Crippen molar-refractivity contribution in [1.29, 1.82) is 0 Å². The zero-order valence-corrected chi connectivity index (χ0v) is 13.3. The molecule has 2 heterocycles. The van der Waals surface area contributed by atoms with Gasteiger partial charge in [-0.3, -0.25) is 9.59 Å². The summed E-state index contributed by atoms with van der Waals surface area (Å²) in [4.78, 5) is 25.3. The van der Waals surface area contributed by atoms with Crippen LogP contribution in [0.2, 0.25) is 0 Å². The minimum absolute atomic E-state index is 0.0222. The van der Waals surface area contributed by atoms with Gasteiger partial charge in [-0.05, 0) is 26.7 Å². The molecule has 1 atom stereocenters. The Labute approximate surface area is 128 Å². The third-order valence-corrected chi connectivity index (χ3v) is 4.51. The Morgan fingerprint density at radius 1 is 1.38 bits per heavy atom. The molecule has 1 aliphatic rings. The number of likely N-dealkylation sites (tertiary alicyclic amines) is 1. The van der Waals surface area contributed by atoms with Crippen molar-refractivity contribution in [3.63, 3.8) is 0 Å². The molecule has 0 spiro atoms. The van der Waals surface area contributed by atoms with Gasteiger partial charge < -0.3 is 9.64 Å². The lowest BCUT2D eigenvalue weighted by Crippen LogP contribution is -2.39. The first-order valence-corrected chi connectivity index (χ1v) is 8.15. The second kappa shape index (κ2) is 7.49. The van der Waals surface area contributed by atoms with Crippen molar-refractivity contribution in [3.8, 4) is 0 Å². The van der Waals surface area contributed by atoms with Gasteiger partial charge in [0, 0.05) is 25.4 Å². The number of aryl methyl sites for hydroxylation is 1. The Morgan fingerprint density at radius 2 is 2.19 bits per heavy atom. The van der Waals surface area contributed by atoms with Gasteiger partial charge in [0.25, 0.3) is 0 Å². The number of rotatable bonds is 5. The van der Waals surface area contributed by atoms with Crippen LogP contribution in [-0.2, 0) is 14.3 Å². The zero-order chi connectivity index (χ0) is 15.2. The Kier molecular flexibility index (Phi) is 5.67. The van der Waals surface area contributed by atoms with Gasteiger partial charge in [0.2, 0.25) is 5.91 Å². The third-order valence-electron chi connectivity index (χ3n) is 3.51. The van der Waals surface area contributed by atoms with Gasteiger partial charge >= 0.3 is 5.97 Å². The van der Waals surface area contributed by atoms with Crippen LogP contribution in [0, 0.1) is 6.92 Å². The van der Waals surface area contributed by atoms with E-state index >= 15 is 0 Å². The average Bonchev–Trinajstić information content (AvgIpc) is 2.92. The highest BCUT2D eigenvalue weighted by atomic mass is 32.1. The van der Waals surface area contributed by atoms with Gasteiger partial charge in [-0.25, -0.2) is 0 Å². The van der Waals surface area contributed by atoms with Gasteiger partial charge in [-0.15, -0.1) is 21.5 Å². The highest BCUT2D eigenvalue weighted by Crippen LogP contribution is 2.29. The lowest BCUT2D eigenvalue weighted by Gasteiger charge is -2.31. The number of aromatic nitrogens is 2. The van der Waals surface area contributed by atoms with Crippen LogP contribution in [-0.4, -0.2) is 46.7 Å². The fourth-order valence-corrected chi connectivity index (χ4v) is 3.31. The SMILES string of the molecule is CCOC(=O)CCC(=O)N1CCCC(c2nnc(C)s2)C1. The molecular formula is C14H21N3O3S. The summed E-state index contributed by atoms with van der Waals surface area (Å²) in [6.07, 6.45) is 2.39. The Balaban J connectivity index is 1.85. The van der Waals surface area contributed by atoms with Crippen molar-refractivity contribution in [2.75, 3.05) is 19.7 Å². The number of nitrogens with zero attached hydrogens (tertiary/aromatic N) is 3. The van der Waals surface area contributed by atoms with Crippen LogP contribution in [0.5, 0.6) is 0 Å². The van der Waals surface area contributed by atoms with Crippen molar-refractivity contribution < 1.29 is 14.3 Å². The van der Waals surface area contributed by atoms with Gasteiger partial charge in [0.1, 0.15) is 10.0 Å². The molecule has 1 fully saturated rings. The zero-order valence-electron chi connectivity index (χ0n) is 12.5. The van der Waals surface area contributed by atoms with Crippen LogP contribution in [0.15, 0.2) is 0 Å². The Hall–Kier alpha value is -1.50. The van der Waals surface area contributed by atoms with E-state index in [9.17, 15) is 9.59 Å². The maximum absolute atomic E-state index is 12.2. The summed E-state index contributed by atoms with van der Waals surface area (Å²) in [7, 11) is 0. The number of piperidine rings is 1. The number of hydrogen-bond donors (Lipinski definition) is 0. The number of carbonyl (C=O) groups excluding carboxylic acids is 2. The van der Waals surface area contributed by atoms with E-state index in [0.29, 0.717) is 13.2 Å². The molecule has 0 bridgehead atoms. The average molecular weight is 311 g/mol. The minimum Gasteiger partial charge on any atom is -0.466 e. The maximum Gasteiger partial charge on any atom is 0.306 e. The number of hydrogen-bond acceptors (Lipinski definition) is 6. The minimum atomic E-state index is -0.306. The summed E-state index contributed by atoms with van der Waals surface area (Å²) < 4.78 is 4.85. The quantitative estimate of drug-likeness (QED) is 0.777. The number of amides is 1. The number of ether oxygens (including phenoxy) is 1. The summed E-state index contributed by atoms with van der Waals surface area (Å²) in [6, 6.07) is 0. The fourth-order valence-electron chi connectivity index (χ4n) is 2.48. The van der Waals surface area contributed by atoms with Gasteiger partial charge in [-0.1, -0.05) is 0 Å². The maximum atomic E-state index is 12.2. The molecule has 6 nitrogen and oxygen atoms in total. The van der Waals surface area contributed by atoms with Crippen LogP contribution >= 0.6 is 11.3 Å². The molecule has 2 rings (SSSR count). The van der Waals surface area contributed by atoms with E-state index in [0.717, 1.165) is 29.4 Å². The summed E-state index contributed by atoms with van der Waals surface area (Å²) in [5, 5.41) is 10.2. The first-order valence-electron chi connectivity index (χ1n) is 7.33. The molecule has 1 aliphatic heterocycles. The molecule has 0 aliphatic carbocycles. The van der Waals surface area contributed by atoms with Crippen LogP contribution in [0.3, 0.4) is 0 Å². The number of carbonyl (C=O) groups is 2. The van der Waals surface area contributed by atoms with Crippen LogP contribution < -0.4 is 0 Å². The first kappa shape index (κ1) is 15.9.